The van der Waals surface area contributed by atoms with Crippen LogP contribution < -0.4 is 10.1 Å². The smallest absolute Gasteiger partial charge is 0.174 e. The Kier molecular flexibility index (Phi) is 3.62. The van der Waals surface area contributed by atoms with Gasteiger partial charge in [-0.25, -0.2) is 0 Å². The van der Waals surface area contributed by atoms with Crippen molar-refractivity contribution < 1.29 is 9.15 Å². The fraction of sp³-hybridized carbons (Fsp3) is 0.333. The number of furan rings is 1. The highest BCUT2D eigenvalue weighted by Gasteiger charge is 2.20. The van der Waals surface area contributed by atoms with Crippen molar-refractivity contribution in [3.8, 4) is 5.75 Å². The first-order valence-electron chi connectivity index (χ1n) is 6.51. The van der Waals surface area contributed by atoms with Gasteiger partial charge in [0.2, 0.25) is 0 Å². The summed E-state index contributed by atoms with van der Waals surface area (Å²) in [6, 6.07) is 8.56. The van der Waals surface area contributed by atoms with Gasteiger partial charge in [-0.15, -0.1) is 0 Å². The summed E-state index contributed by atoms with van der Waals surface area (Å²) in [6.07, 6.45) is 2.70. The van der Waals surface area contributed by atoms with Gasteiger partial charge < -0.3 is 14.5 Å². The summed E-state index contributed by atoms with van der Waals surface area (Å²) in [6.45, 7) is 3.80. The lowest BCUT2D eigenvalue weighted by molar-refractivity contribution is 0.357. The molecule has 3 nitrogen and oxygen atoms in total. The summed E-state index contributed by atoms with van der Waals surface area (Å²) in [4.78, 5) is 0. The van der Waals surface area contributed by atoms with Gasteiger partial charge in [0.05, 0.1) is 18.9 Å². The molecule has 1 aliphatic heterocycles. The Hall–Kier alpha value is -1.26. The van der Waals surface area contributed by atoms with Gasteiger partial charge in [-0.05, 0) is 45.7 Å². The largest absolute Gasteiger partial charge is 0.493 e. The second-order valence-electron chi connectivity index (χ2n) is 4.61. The van der Waals surface area contributed by atoms with Gasteiger partial charge >= 0.3 is 0 Å². The quantitative estimate of drug-likeness (QED) is 0.932. The fourth-order valence-corrected chi connectivity index (χ4v) is 2.98. The first kappa shape index (κ1) is 12.8. The summed E-state index contributed by atoms with van der Waals surface area (Å²) in [5.41, 5.74) is 3.66. The standard InChI is InChI=1S/C15H16BrNO2/c1-2-17-14(12-6-8-19-15(12)16)11-3-4-13-10(9-11)5-7-18-13/h3-4,6,8-9,14,17H,2,5,7H2,1H3. The predicted molar refractivity (Wildman–Crippen MR) is 77.6 cm³/mol. The number of benzene rings is 1. The van der Waals surface area contributed by atoms with Crippen molar-refractivity contribution in [1.29, 1.82) is 0 Å². The molecule has 0 saturated heterocycles. The number of hydrogen-bond acceptors (Lipinski definition) is 3. The molecule has 3 rings (SSSR count). The van der Waals surface area contributed by atoms with Gasteiger partial charge in [-0.1, -0.05) is 19.1 Å². The molecule has 1 N–H and O–H groups in total. The molecular formula is C15H16BrNO2. The van der Waals surface area contributed by atoms with E-state index in [0.29, 0.717) is 0 Å². The second-order valence-corrected chi connectivity index (χ2v) is 5.33. The first-order valence-corrected chi connectivity index (χ1v) is 7.30. The van der Waals surface area contributed by atoms with Gasteiger partial charge in [0.15, 0.2) is 4.67 Å². The molecule has 0 spiro atoms. The van der Waals surface area contributed by atoms with Crippen molar-refractivity contribution in [3.63, 3.8) is 0 Å². The van der Waals surface area contributed by atoms with E-state index in [9.17, 15) is 0 Å². The van der Waals surface area contributed by atoms with Crippen LogP contribution in [0.5, 0.6) is 5.75 Å². The number of fused-ring (bicyclic) bond motifs is 1. The Bertz CT molecular complexity index is 579. The van der Waals surface area contributed by atoms with Crippen LogP contribution in [0, 0.1) is 0 Å². The Balaban J connectivity index is 1.98. The fourth-order valence-electron chi connectivity index (χ4n) is 2.51. The van der Waals surface area contributed by atoms with E-state index in [1.54, 1.807) is 6.26 Å². The molecule has 1 aliphatic rings. The molecule has 2 heterocycles. The third kappa shape index (κ3) is 2.42. The number of hydrogen-bond donors (Lipinski definition) is 1. The molecule has 0 radical (unpaired) electrons. The van der Waals surface area contributed by atoms with E-state index in [1.165, 1.54) is 11.1 Å². The molecule has 0 fully saturated rings. The minimum Gasteiger partial charge on any atom is -0.493 e. The van der Waals surface area contributed by atoms with Crippen LogP contribution in [-0.2, 0) is 6.42 Å². The highest BCUT2D eigenvalue weighted by atomic mass is 79.9. The summed E-state index contributed by atoms with van der Waals surface area (Å²) in [7, 11) is 0. The van der Waals surface area contributed by atoms with Crippen molar-refractivity contribution in [2.45, 2.75) is 19.4 Å². The topological polar surface area (TPSA) is 34.4 Å². The summed E-state index contributed by atoms with van der Waals surface area (Å²) < 4.78 is 11.7. The lowest BCUT2D eigenvalue weighted by atomic mass is 9.98. The van der Waals surface area contributed by atoms with E-state index in [0.717, 1.165) is 35.6 Å². The van der Waals surface area contributed by atoms with Crippen LogP contribution in [0.15, 0.2) is 39.6 Å². The molecule has 4 heteroatoms. The van der Waals surface area contributed by atoms with Crippen LogP contribution in [-0.4, -0.2) is 13.2 Å². The SMILES string of the molecule is CCNC(c1ccc2c(c1)CCO2)c1ccoc1Br. The van der Waals surface area contributed by atoms with E-state index >= 15 is 0 Å². The maximum atomic E-state index is 5.56. The molecule has 1 atom stereocenters. The highest BCUT2D eigenvalue weighted by molar-refractivity contribution is 9.10. The molecule has 0 bridgehead atoms. The Morgan fingerprint density at radius 3 is 3.00 bits per heavy atom. The Labute approximate surface area is 121 Å². The second kappa shape index (κ2) is 5.39. The number of nitrogens with one attached hydrogen (secondary N) is 1. The average Bonchev–Trinajstić information content (AvgIpc) is 3.03. The van der Waals surface area contributed by atoms with Crippen molar-refractivity contribution in [1.82, 2.24) is 5.32 Å². The van der Waals surface area contributed by atoms with E-state index in [1.807, 2.05) is 6.07 Å². The molecular weight excluding hydrogens is 306 g/mol. The van der Waals surface area contributed by atoms with E-state index in [2.05, 4.69) is 46.4 Å². The van der Waals surface area contributed by atoms with Crippen molar-refractivity contribution in [2.75, 3.05) is 13.2 Å². The maximum absolute atomic E-state index is 5.56. The monoisotopic (exact) mass is 321 g/mol. The molecule has 0 aliphatic carbocycles. The third-order valence-corrected chi connectivity index (χ3v) is 4.06. The lowest BCUT2D eigenvalue weighted by Crippen LogP contribution is -2.21. The molecule has 1 aromatic carbocycles. The zero-order chi connectivity index (χ0) is 13.2. The van der Waals surface area contributed by atoms with Gasteiger partial charge in [0.25, 0.3) is 0 Å². The minimum absolute atomic E-state index is 0.143. The van der Waals surface area contributed by atoms with E-state index in [4.69, 9.17) is 9.15 Å². The third-order valence-electron chi connectivity index (χ3n) is 3.41. The van der Waals surface area contributed by atoms with Gasteiger partial charge in [-0.3, -0.25) is 0 Å². The maximum Gasteiger partial charge on any atom is 0.174 e. The van der Waals surface area contributed by atoms with E-state index in [-0.39, 0.29) is 6.04 Å². The summed E-state index contributed by atoms with van der Waals surface area (Å²) >= 11 is 3.47. The molecule has 0 amide bonds. The molecule has 1 unspecified atom stereocenters. The van der Waals surface area contributed by atoms with Crippen LogP contribution >= 0.6 is 15.9 Å². The van der Waals surface area contributed by atoms with Crippen LogP contribution in [0.3, 0.4) is 0 Å². The summed E-state index contributed by atoms with van der Waals surface area (Å²) in [5, 5.41) is 3.50. The zero-order valence-corrected chi connectivity index (χ0v) is 12.4. The number of halogens is 1. The molecule has 0 saturated carbocycles. The van der Waals surface area contributed by atoms with Crippen LogP contribution in [0.2, 0.25) is 0 Å². The average molecular weight is 322 g/mol. The van der Waals surface area contributed by atoms with Gasteiger partial charge in [-0.2, -0.15) is 0 Å². The van der Waals surface area contributed by atoms with Crippen LogP contribution in [0.4, 0.5) is 0 Å². The Morgan fingerprint density at radius 1 is 1.37 bits per heavy atom. The first-order chi connectivity index (χ1) is 9.29. The summed E-state index contributed by atoms with van der Waals surface area (Å²) in [5.74, 6) is 1.02. The molecule has 19 heavy (non-hydrogen) atoms. The van der Waals surface area contributed by atoms with Gasteiger partial charge in [0, 0.05) is 12.0 Å². The molecule has 2 aromatic rings. The van der Waals surface area contributed by atoms with Crippen molar-refractivity contribution >= 4 is 15.9 Å². The van der Waals surface area contributed by atoms with E-state index < -0.39 is 0 Å². The zero-order valence-electron chi connectivity index (χ0n) is 10.8. The predicted octanol–water partition coefficient (Wildman–Crippen LogP) is 3.68. The minimum atomic E-state index is 0.143. The van der Waals surface area contributed by atoms with Crippen molar-refractivity contribution in [2.24, 2.45) is 0 Å². The molecule has 1 aromatic heterocycles. The van der Waals surface area contributed by atoms with Crippen LogP contribution in [0.1, 0.15) is 29.7 Å². The lowest BCUT2D eigenvalue weighted by Gasteiger charge is -2.18. The van der Waals surface area contributed by atoms with Crippen LogP contribution in [0.25, 0.3) is 0 Å². The highest BCUT2D eigenvalue weighted by Crippen LogP contribution is 2.33. The van der Waals surface area contributed by atoms with Gasteiger partial charge in [0.1, 0.15) is 5.75 Å². The number of rotatable bonds is 4. The molecule has 100 valence electrons. The van der Waals surface area contributed by atoms with Crippen molar-refractivity contribution in [3.05, 3.63) is 51.9 Å². The number of ether oxygens (including phenoxy) is 1. The normalized spacial score (nSPS) is 15.1. The Morgan fingerprint density at radius 2 is 2.26 bits per heavy atom.